The van der Waals surface area contributed by atoms with Crippen LogP contribution in [-0.2, 0) is 11.8 Å². The maximum Gasteiger partial charge on any atom is 0.234 e. The lowest BCUT2D eigenvalue weighted by molar-refractivity contribution is -0.113. The van der Waals surface area contributed by atoms with Crippen LogP contribution in [-0.4, -0.2) is 39.6 Å². The molecule has 1 aromatic carbocycles. The van der Waals surface area contributed by atoms with Crippen LogP contribution in [0.3, 0.4) is 0 Å². The lowest BCUT2D eigenvalue weighted by Gasteiger charge is -2.13. The lowest BCUT2D eigenvalue weighted by Crippen LogP contribution is -2.14. The molecule has 0 aliphatic carbocycles. The van der Waals surface area contributed by atoms with Gasteiger partial charge in [0, 0.05) is 18.8 Å². The van der Waals surface area contributed by atoms with E-state index >= 15 is 0 Å². The maximum absolute atomic E-state index is 12.0. The Hall–Kier alpha value is -2.22. The van der Waals surface area contributed by atoms with Crippen molar-refractivity contribution in [2.75, 3.05) is 24.3 Å². The molecule has 2 rings (SSSR count). The third-order valence-electron chi connectivity index (χ3n) is 2.83. The Kier molecular flexibility index (Phi) is 6.28. The summed E-state index contributed by atoms with van der Waals surface area (Å²) < 4.78 is 12.8. The Morgan fingerprint density at radius 2 is 2.00 bits per heavy atom. The molecule has 0 saturated heterocycles. The van der Waals surface area contributed by atoms with Crippen LogP contribution in [0.5, 0.6) is 11.5 Å². The van der Waals surface area contributed by atoms with Gasteiger partial charge < -0.3 is 19.4 Å². The molecule has 0 radical (unpaired) electrons. The van der Waals surface area contributed by atoms with Crippen molar-refractivity contribution in [3.05, 3.63) is 24.5 Å². The molecule has 0 spiro atoms. The number of thioether (sulfide) groups is 1. The number of amides is 1. The SMILES string of the molecule is CCOc1ccc(NC(=O)CSc2nncn2C)cc1OCC. The summed E-state index contributed by atoms with van der Waals surface area (Å²) in [7, 11) is 1.83. The van der Waals surface area contributed by atoms with E-state index in [1.54, 1.807) is 29.1 Å². The highest BCUT2D eigenvalue weighted by Gasteiger charge is 2.10. The number of hydrogen-bond acceptors (Lipinski definition) is 6. The van der Waals surface area contributed by atoms with Crippen LogP contribution in [0.1, 0.15) is 13.8 Å². The van der Waals surface area contributed by atoms with Crippen LogP contribution < -0.4 is 14.8 Å². The van der Waals surface area contributed by atoms with Crippen molar-refractivity contribution in [3.8, 4) is 11.5 Å². The van der Waals surface area contributed by atoms with Gasteiger partial charge in [0.1, 0.15) is 6.33 Å². The molecule has 1 amide bonds. The fraction of sp³-hybridized carbons (Fsp3) is 0.400. The summed E-state index contributed by atoms with van der Waals surface area (Å²) in [6, 6.07) is 5.34. The molecule has 1 heterocycles. The number of anilines is 1. The lowest BCUT2D eigenvalue weighted by atomic mass is 10.2. The third kappa shape index (κ3) is 4.88. The van der Waals surface area contributed by atoms with Crippen LogP contribution in [0.2, 0.25) is 0 Å². The summed E-state index contributed by atoms with van der Waals surface area (Å²) in [5, 5.41) is 11.2. The minimum Gasteiger partial charge on any atom is -0.490 e. The Morgan fingerprint density at radius 3 is 2.65 bits per heavy atom. The molecule has 0 aliphatic rings. The zero-order valence-corrected chi connectivity index (χ0v) is 14.2. The number of carbonyl (C=O) groups is 1. The molecule has 1 N–H and O–H groups in total. The van der Waals surface area contributed by atoms with Crippen molar-refractivity contribution < 1.29 is 14.3 Å². The van der Waals surface area contributed by atoms with Crippen molar-refractivity contribution in [2.24, 2.45) is 7.05 Å². The van der Waals surface area contributed by atoms with Gasteiger partial charge >= 0.3 is 0 Å². The largest absolute Gasteiger partial charge is 0.490 e. The highest BCUT2D eigenvalue weighted by Crippen LogP contribution is 2.30. The minimum absolute atomic E-state index is 0.121. The first-order valence-corrected chi connectivity index (χ1v) is 8.28. The standard InChI is InChI=1S/C15H20N4O3S/c1-4-21-12-7-6-11(8-13(12)22-5-2)17-14(20)9-23-15-18-16-10-19(15)3/h6-8,10H,4-5,9H2,1-3H3,(H,17,20). The average molecular weight is 336 g/mol. The number of nitrogens with one attached hydrogen (secondary N) is 1. The number of nitrogens with zero attached hydrogens (tertiary/aromatic N) is 3. The van der Waals surface area contributed by atoms with Crippen molar-refractivity contribution in [2.45, 2.75) is 19.0 Å². The number of aromatic nitrogens is 3. The summed E-state index contributed by atoms with van der Waals surface area (Å²) in [6.07, 6.45) is 1.60. The van der Waals surface area contributed by atoms with Gasteiger partial charge in [-0.1, -0.05) is 11.8 Å². The number of aryl methyl sites for hydroxylation is 1. The molecule has 23 heavy (non-hydrogen) atoms. The van der Waals surface area contributed by atoms with Crippen LogP contribution in [0.15, 0.2) is 29.7 Å². The summed E-state index contributed by atoms with van der Waals surface area (Å²) in [5.41, 5.74) is 0.667. The second-order valence-corrected chi connectivity index (χ2v) is 5.53. The second kappa shape index (κ2) is 8.42. The highest BCUT2D eigenvalue weighted by molar-refractivity contribution is 7.99. The summed E-state index contributed by atoms with van der Waals surface area (Å²) in [6.45, 7) is 4.90. The summed E-state index contributed by atoms with van der Waals surface area (Å²) >= 11 is 1.33. The van der Waals surface area contributed by atoms with Gasteiger partial charge in [0.25, 0.3) is 0 Å². The Labute approximate surface area is 139 Å². The molecular weight excluding hydrogens is 316 g/mol. The highest BCUT2D eigenvalue weighted by atomic mass is 32.2. The normalized spacial score (nSPS) is 10.4. The second-order valence-electron chi connectivity index (χ2n) is 4.59. The molecule has 7 nitrogen and oxygen atoms in total. The topological polar surface area (TPSA) is 78.3 Å². The van der Waals surface area contributed by atoms with E-state index in [0.29, 0.717) is 35.6 Å². The number of carbonyl (C=O) groups excluding carboxylic acids is 1. The molecule has 0 unspecified atom stereocenters. The van der Waals surface area contributed by atoms with Gasteiger partial charge in [0.15, 0.2) is 16.7 Å². The smallest absolute Gasteiger partial charge is 0.234 e. The number of rotatable bonds is 8. The van der Waals surface area contributed by atoms with E-state index in [9.17, 15) is 4.79 Å². The Bertz CT molecular complexity index is 660. The van der Waals surface area contributed by atoms with Crippen molar-refractivity contribution in [1.82, 2.24) is 14.8 Å². The Morgan fingerprint density at radius 1 is 1.26 bits per heavy atom. The zero-order valence-electron chi connectivity index (χ0n) is 13.4. The number of ether oxygens (including phenoxy) is 2. The molecule has 0 saturated carbocycles. The van der Waals surface area contributed by atoms with E-state index < -0.39 is 0 Å². The number of hydrogen-bond donors (Lipinski definition) is 1. The Balaban J connectivity index is 1.97. The van der Waals surface area contributed by atoms with Crippen molar-refractivity contribution in [3.63, 3.8) is 0 Å². The molecule has 0 aliphatic heterocycles. The van der Waals surface area contributed by atoms with Gasteiger partial charge in [-0.3, -0.25) is 4.79 Å². The van der Waals surface area contributed by atoms with Crippen LogP contribution in [0.25, 0.3) is 0 Å². The van der Waals surface area contributed by atoms with E-state index in [-0.39, 0.29) is 11.7 Å². The fourth-order valence-electron chi connectivity index (χ4n) is 1.86. The first-order chi connectivity index (χ1) is 11.1. The monoisotopic (exact) mass is 336 g/mol. The molecule has 1 aromatic heterocycles. The molecule has 2 aromatic rings. The molecule has 0 atom stereocenters. The summed E-state index contributed by atoms with van der Waals surface area (Å²) in [4.78, 5) is 12.0. The quantitative estimate of drug-likeness (QED) is 0.746. The van der Waals surface area contributed by atoms with Crippen LogP contribution in [0, 0.1) is 0 Å². The predicted octanol–water partition coefficient (Wildman–Crippen LogP) is 2.34. The molecular formula is C15H20N4O3S. The van der Waals surface area contributed by atoms with Gasteiger partial charge in [0.05, 0.1) is 19.0 Å². The van der Waals surface area contributed by atoms with E-state index in [1.165, 1.54) is 11.8 Å². The fourth-order valence-corrected chi connectivity index (χ4v) is 2.55. The average Bonchev–Trinajstić information content (AvgIpc) is 2.93. The van der Waals surface area contributed by atoms with Gasteiger partial charge in [0.2, 0.25) is 5.91 Å². The van der Waals surface area contributed by atoms with Crippen molar-refractivity contribution in [1.29, 1.82) is 0 Å². The molecule has 0 fully saturated rings. The first-order valence-electron chi connectivity index (χ1n) is 7.30. The predicted molar refractivity (Wildman–Crippen MR) is 89.1 cm³/mol. The van der Waals surface area contributed by atoms with Crippen LogP contribution >= 0.6 is 11.8 Å². The van der Waals surface area contributed by atoms with E-state index in [1.807, 2.05) is 20.9 Å². The minimum atomic E-state index is -0.121. The zero-order chi connectivity index (χ0) is 16.7. The van der Waals surface area contributed by atoms with E-state index in [2.05, 4.69) is 15.5 Å². The van der Waals surface area contributed by atoms with Gasteiger partial charge in [-0.05, 0) is 26.0 Å². The number of benzene rings is 1. The van der Waals surface area contributed by atoms with Gasteiger partial charge in [-0.2, -0.15) is 0 Å². The summed E-state index contributed by atoms with van der Waals surface area (Å²) in [5.74, 6) is 1.42. The van der Waals surface area contributed by atoms with Gasteiger partial charge in [-0.15, -0.1) is 10.2 Å². The molecule has 124 valence electrons. The third-order valence-corrected chi connectivity index (χ3v) is 3.86. The first kappa shape index (κ1) is 17.1. The molecule has 8 heteroatoms. The van der Waals surface area contributed by atoms with E-state index in [0.717, 1.165) is 0 Å². The van der Waals surface area contributed by atoms with E-state index in [4.69, 9.17) is 9.47 Å². The molecule has 0 bridgehead atoms. The van der Waals surface area contributed by atoms with Crippen molar-refractivity contribution >= 4 is 23.4 Å². The van der Waals surface area contributed by atoms with Crippen LogP contribution in [0.4, 0.5) is 5.69 Å². The van der Waals surface area contributed by atoms with Gasteiger partial charge in [-0.25, -0.2) is 0 Å². The maximum atomic E-state index is 12.0.